The Bertz CT molecular complexity index is 475. The maximum atomic E-state index is 12.1. The molecule has 1 aliphatic rings. The van der Waals surface area contributed by atoms with Crippen LogP contribution in [0.2, 0.25) is 0 Å². The van der Waals surface area contributed by atoms with Crippen LogP contribution in [0.25, 0.3) is 0 Å². The van der Waals surface area contributed by atoms with Gasteiger partial charge >= 0.3 is 0 Å². The number of hydrogen-bond donors (Lipinski definition) is 0. The molecule has 0 saturated heterocycles. The van der Waals surface area contributed by atoms with Crippen LogP contribution in [0.3, 0.4) is 0 Å². The van der Waals surface area contributed by atoms with Crippen LogP contribution >= 0.6 is 11.8 Å². The van der Waals surface area contributed by atoms with E-state index in [0.29, 0.717) is 23.7 Å². The van der Waals surface area contributed by atoms with E-state index in [4.69, 9.17) is 4.74 Å². The molecule has 90 valence electrons. The summed E-state index contributed by atoms with van der Waals surface area (Å²) >= 11 is 1.56. The van der Waals surface area contributed by atoms with Crippen LogP contribution in [0.1, 0.15) is 10.4 Å². The van der Waals surface area contributed by atoms with Gasteiger partial charge in [0.05, 0.1) is 23.0 Å². The predicted octanol–water partition coefficient (Wildman–Crippen LogP) is 2.15. The summed E-state index contributed by atoms with van der Waals surface area (Å²) in [7, 11) is 0. The number of ketones is 1. The maximum Gasteiger partial charge on any atom is 0.270 e. The molecule has 6 heteroatoms. The number of ether oxygens (including phenoxy) is 1. The number of fused-ring (bicyclic) bond motifs is 1. The summed E-state index contributed by atoms with van der Waals surface area (Å²) < 4.78 is 5.44. The lowest BCUT2D eigenvalue weighted by atomic mass is 9.96. The van der Waals surface area contributed by atoms with Gasteiger partial charge in [-0.15, -0.1) is 0 Å². The van der Waals surface area contributed by atoms with Crippen LogP contribution in [0.4, 0.5) is 5.69 Å². The third kappa shape index (κ3) is 2.26. The quantitative estimate of drug-likeness (QED) is 0.609. The number of carbonyl (C=O) groups excluding carboxylic acids is 1. The lowest BCUT2D eigenvalue weighted by Crippen LogP contribution is -2.29. The Morgan fingerprint density at radius 1 is 1.59 bits per heavy atom. The minimum Gasteiger partial charge on any atom is -0.492 e. The normalized spacial score (nSPS) is 18.4. The molecule has 1 aromatic carbocycles. The molecule has 1 aromatic rings. The van der Waals surface area contributed by atoms with Crippen molar-refractivity contribution in [2.45, 2.75) is 0 Å². The van der Waals surface area contributed by atoms with Gasteiger partial charge in [-0.1, -0.05) is 0 Å². The molecule has 0 radical (unpaired) electrons. The van der Waals surface area contributed by atoms with Crippen LogP contribution in [0.5, 0.6) is 5.75 Å². The van der Waals surface area contributed by atoms with Gasteiger partial charge < -0.3 is 4.74 Å². The number of nitro benzene ring substituents is 1. The van der Waals surface area contributed by atoms with Crippen molar-refractivity contribution in [3.8, 4) is 5.75 Å². The van der Waals surface area contributed by atoms with Crippen molar-refractivity contribution >= 4 is 23.2 Å². The van der Waals surface area contributed by atoms with Gasteiger partial charge in [0.2, 0.25) is 0 Å². The van der Waals surface area contributed by atoms with E-state index in [0.717, 1.165) is 0 Å². The molecule has 0 saturated carbocycles. The molecule has 1 heterocycles. The molecule has 0 aromatic heterocycles. The fourth-order valence-corrected chi connectivity index (χ4v) is 2.41. The number of Topliss-reactive ketones (excluding diaryl/α,β-unsaturated/α-hetero) is 1. The third-order valence-corrected chi connectivity index (χ3v) is 3.35. The Balaban J connectivity index is 2.36. The first kappa shape index (κ1) is 11.9. The standard InChI is InChI=1S/C11H11NO4S/c1-17-6-7-5-16-10-3-2-8(12(14)15)4-9(10)11(7)13/h2-4,7H,5-6H2,1H3. The van der Waals surface area contributed by atoms with E-state index in [1.807, 2.05) is 6.26 Å². The van der Waals surface area contributed by atoms with Gasteiger partial charge in [0, 0.05) is 17.9 Å². The van der Waals surface area contributed by atoms with Gasteiger partial charge in [0.1, 0.15) is 5.75 Å². The number of non-ortho nitro benzene ring substituents is 1. The summed E-state index contributed by atoms with van der Waals surface area (Å²) in [5.41, 5.74) is 0.245. The average molecular weight is 253 g/mol. The second-order valence-corrected chi connectivity index (χ2v) is 4.68. The molecule has 17 heavy (non-hydrogen) atoms. The van der Waals surface area contributed by atoms with E-state index < -0.39 is 4.92 Å². The molecule has 0 amide bonds. The first-order chi connectivity index (χ1) is 8.13. The molecule has 1 aliphatic heterocycles. The Labute approximate surface area is 102 Å². The van der Waals surface area contributed by atoms with Gasteiger partial charge in [-0.25, -0.2) is 0 Å². The maximum absolute atomic E-state index is 12.1. The summed E-state index contributed by atoms with van der Waals surface area (Å²) in [5, 5.41) is 10.6. The highest BCUT2D eigenvalue weighted by molar-refractivity contribution is 7.98. The molecule has 0 N–H and O–H groups in total. The Kier molecular flexibility index (Phi) is 3.33. The van der Waals surface area contributed by atoms with E-state index in [1.165, 1.54) is 18.2 Å². The topological polar surface area (TPSA) is 69.4 Å². The van der Waals surface area contributed by atoms with Crippen molar-refractivity contribution in [1.29, 1.82) is 0 Å². The van der Waals surface area contributed by atoms with Gasteiger partial charge in [0.25, 0.3) is 5.69 Å². The third-order valence-electron chi connectivity index (χ3n) is 2.62. The summed E-state index contributed by atoms with van der Waals surface area (Å²) in [4.78, 5) is 22.2. The van der Waals surface area contributed by atoms with Gasteiger partial charge in [-0.2, -0.15) is 11.8 Å². The van der Waals surface area contributed by atoms with Crippen molar-refractivity contribution in [1.82, 2.24) is 0 Å². The molecular weight excluding hydrogens is 242 g/mol. The molecule has 1 unspecified atom stereocenters. The van der Waals surface area contributed by atoms with Gasteiger partial charge in [-0.3, -0.25) is 14.9 Å². The number of hydrogen-bond acceptors (Lipinski definition) is 5. The lowest BCUT2D eigenvalue weighted by Gasteiger charge is -2.23. The highest BCUT2D eigenvalue weighted by Crippen LogP contribution is 2.31. The zero-order valence-electron chi connectivity index (χ0n) is 9.21. The van der Waals surface area contributed by atoms with Crippen molar-refractivity contribution < 1.29 is 14.5 Å². The molecule has 0 fully saturated rings. The second kappa shape index (κ2) is 4.75. The molecule has 5 nitrogen and oxygen atoms in total. The number of rotatable bonds is 3. The van der Waals surface area contributed by atoms with Crippen LogP contribution in [0, 0.1) is 16.0 Å². The molecule has 0 aliphatic carbocycles. The van der Waals surface area contributed by atoms with Crippen molar-refractivity contribution in [3.05, 3.63) is 33.9 Å². The number of nitrogens with zero attached hydrogens (tertiary/aromatic N) is 1. The number of benzene rings is 1. The summed E-state index contributed by atoms with van der Waals surface area (Å²) in [6, 6.07) is 4.13. The summed E-state index contributed by atoms with van der Waals surface area (Å²) in [6.45, 7) is 0.352. The molecule has 2 rings (SSSR count). The van der Waals surface area contributed by atoms with Crippen molar-refractivity contribution in [2.24, 2.45) is 5.92 Å². The Morgan fingerprint density at radius 3 is 3.00 bits per heavy atom. The van der Waals surface area contributed by atoms with Gasteiger partial charge in [0.15, 0.2) is 5.78 Å². The number of carbonyl (C=O) groups is 1. The van der Waals surface area contributed by atoms with Crippen LogP contribution in [-0.4, -0.2) is 29.3 Å². The van der Waals surface area contributed by atoms with Crippen molar-refractivity contribution in [2.75, 3.05) is 18.6 Å². The molecule has 0 bridgehead atoms. The first-order valence-corrected chi connectivity index (χ1v) is 6.47. The minimum atomic E-state index is -0.508. The van der Waals surface area contributed by atoms with E-state index in [1.54, 1.807) is 11.8 Å². The van der Waals surface area contributed by atoms with E-state index in [2.05, 4.69) is 0 Å². The lowest BCUT2D eigenvalue weighted by molar-refractivity contribution is -0.384. The second-order valence-electron chi connectivity index (χ2n) is 3.77. The SMILES string of the molecule is CSCC1COc2ccc([N+](=O)[O-])cc2C1=O. The average Bonchev–Trinajstić information content (AvgIpc) is 2.32. The predicted molar refractivity (Wildman–Crippen MR) is 64.8 cm³/mol. The highest BCUT2D eigenvalue weighted by atomic mass is 32.2. The van der Waals surface area contributed by atoms with Crippen LogP contribution < -0.4 is 4.74 Å². The van der Waals surface area contributed by atoms with Crippen molar-refractivity contribution in [3.63, 3.8) is 0 Å². The summed E-state index contributed by atoms with van der Waals surface area (Å²) in [6.07, 6.45) is 1.91. The molecular formula is C11H11NO4S. The number of thioether (sulfide) groups is 1. The monoisotopic (exact) mass is 253 g/mol. The number of nitro groups is 1. The largest absolute Gasteiger partial charge is 0.492 e. The zero-order valence-corrected chi connectivity index (χ0v) is 10.0. The first-order valence-electron chi connectivity index (χ1n) is 5.08. The fraction of sp³-hybridized carbons (Fsp3) is 0.364. The van der Waals surface area contributed by atoms with Crippen LogP contribution in [0.15, 0.2) is 18.2 Å². The van der Waals surface area contributed by atoms with Gasteiger partial charge in [-0.05, 0) is 12.3 Å². The highest BCUT2D eigenvalue weighted by Gasteiger charge is 2.29. The summed E-state index contributed by atoms with van der Waals surface area (Å²) in [5.74, 6) is 0.836. The van der Waals surface area contributed by atoms with E-state index in [9.17, 15) is 14.9 Å². The molecule has 1 atom stereocenters. The smallest absolute Gasteiger partial charge is 0.270 e. The van der Waals surface area contributed by atoms with E-state index in [-0.39, 0.29) is 17.4 Å². The van der Waals surface area contributed by atoms with E-state index >= 15 is 0 Å². The van der Waals surface area contributed by atoms with Crippen LogP contribution in [-0.2, 0) is 0 Å². The zero-order chi connectivity index (χ0) is 12.4. The Morgan fingerprint density at radius 2 is 2.35 bits per heavy atom. The Hall–Kier alpha value is -1.56. The fourth-order valence-electron chi connectivity index (χ4n) is 1.76. The minimum absolute atomic E-state index is 0.0655. The molecule has 0 spiro atoms.